The van der Waals surface area contributed by atoms with Gasteiger partial charge in [-0.25, -0.2) is 0 Å². The molecule has 0 atom stereocenters. The van der Waals surface area contributed by atoms with Crippen LogP contribution in [0.4, 0.5) is 0 Å². The van der Waals surface area contributed by atoms with Crippen molar-refractivity contribution in [2.45, 2.75) is 19.9 Å². The van der Waals surface area contributed by atoms with E-state index in [1.807, 2.05) is 44.2 Å². The van der Waals surface area contributed by atoms with Gasteiger partial charge in [0.15, 0.2) is 0 Å². The van der Waals surface area contributed by atoms with Gasteiger partial charge < -0.3 is 11.5 Å². The van der Waals surface area contributed by atoms with Crippen molar-refractivity contribution in [2.75, 3.05) is 0 Å². The zero-order chi connectivity index (χ0) is 11.3. The normalized spacial score (nSPS) is 13.3. The van der Waals surface area contributed by atoms with Crippen LogP contribution >= 0.6 is 0 Å². The van der Waals surface area contributed by atoms with Crippen LogP contribution in [0, 0.1) is 0 Å². The Labute approximate surface area is 90.5 Å². The van der Waals surface area contributed by atoms with Crippen molar-refractivity contribution >= 4 is 11.5 Å². The Morgan fingerprint density at radius 2 is 1.80 bits per heavy atom. The number of hydrogen-bond acceptors (Lipinski definition) is 2. The molecule has 0 amide bonds. The van der Waals surface area contributed by atoms with Gasteiger partial charge in [0.05, 0.1) is 0 Å². The quantitative estimate of drug-likeness (QED) is 0.580. The number of aliphatic imine (C=N–C) groups is 1. The molecule has 0 unspecified atom stereocenters. The molecule has 1 rings (SSSR count). The van der Waals surface area contributed by atoms with E-state index in [9.17, 15) is 0 Å². The number of hydrogen-bond donors (Lipinski definition) is 2. The Morgan fingerprint density at radius 1 is 1.20 bits per heavy atom. The molecule has 1 aromatic carbocycles. The minimum atomic E-state index is 0.185. The molecule has 0 aliphatic heterocycles. The van der Waals surface area contributed by atoms with E-state index >= 15 is 0 Å². The van der Waals surface area contributed by atoms with Crippen LogP contribution in [0.5, 0.6) is 0 Å². The summed E-state index contributed by atoms with van der Waals surface area (Å²) >= 11 is 0. The van der Waals surface area contributed by atoms with Crippen LogP contribution in [-0.4, -0.2) is 11.9 Å². The molecule has 0 aliphatic carbocycles. The molecular formula is C12H17N3. The first-order valence-electron chi connectivity index (χ1n) is 4.95. The number of nitrogens with two attached hydrogens (primary N) is 2. The van der Waals surface area contributed by atoms with Crippen LogP contribution in [-0.2, 0) is 0 Å². The summed E-state index contributed by atoms with van der Waals surface area (Å²) in [6.45, 7) is 3.94. The lowest BCUT2D eigenvalue weighted by molar-refractivity contribution is 0.835. The lowest BCUT2D eigenvalue weighted by Gasteiger charge is -2.02. The summed E-state index contributed by atoms with van der Waals surface area (Å²) in [6.07, 6.45) is 1.69. The molecule has 0 saturated heterocycles. The van der Waals surface area contributed by atoms with Crippen LogP contribution in [0.1, 0.15) is 19.4 Å². The minimum absolute atomic E-state index is 0.185. The summed E-state index contributed by atoms with van der Waals surface area (Å²) < 4.78 is 0. The molecule has 4 N–H and O–H groups in total. The van der Waals surface area contributed by atoms with E-state index in [0.717, 1.165) is 5.56 Å². The van der Waals surface area contributed by atoms with Crippen LogP contribution in [0.2, 0.25) is 0 Å². The maximum atomic E-state index is 5.87. The van der Waals surface area contributed by atoms with Crippen molar-refractivity contribution in [1.29, 1.82) is 0 Å². The molecule has 0 bridgehead atoms. The van der Waals surface area contributed by atoms with Gasteiger partial charge >= 0.3 is 0 Å². The maximum Gasteiger partial charge on any atom is 0.120 e. The highest BCUT2D eigenvalue weighted by Gasteiger charge is 1.96. The summed E-state index contributed by atoms with van der Waals surface area (Å²) in [5.41, 5.74) is 13.2. The zero-order valence-electron chi connectivity index (χ0n) is 9.14. The highest BCUT2D eigenvalue weighted by molar-refractivity contribution is 5.97. The smallest absolute Gasteiger partial charge is 0.120 e. The Hall–Kier alpha value is -1.77. The van der Waals surface area contributed by atoms with Gasteiger partial charge in [0.25, 0.3) is 0 Å². The third-order valence-corrected chi connectivity index (χ3v) is 1.82. The molecule has 3 heteroatoms. The van der Waals surface area contributed by atoms with Crippen molar-refractivity contribution < 1.29 is 0 Å². The summed E-state index contributed by atoms with van der Waals surface area (Å²) in [5, 5.41) is 0. The van der Waals surface area contributed by atoms with E-state index in [0.29, 0.717) is 11.5 Å². The molecule has 3 nitrogen and oxygen atoms in total. The second kappa shape index (κ2) is 5.20. The molecular weight excluding hydrogens is 186 g/mol. The molecule has 0 aliphatic rings. The van der Waals surface area contributed by atoms with Crippen LogP contribution < -0.4 is 11.5 Å². The fourth-order valence-electron chi connectivity index (χ4n) is 1.21. The second-order valence-corrected chi connectivity index (χ2v) is 3.61. The molecule has 0 fully saturated rings. The lowest BCUT2D eigenvalue weighted by atomic mass is 10.1. The first kappa shape index (κ1) is 11.3. The molecule has 0 aromatic heterocycles. The van der Waals surface area contributed by atoms with Gasteiger partial charge in [0.2, 0.25) is 0 Å². The molecule has 0 saturated carbocycles. The summed E-state index contributed by atoms with van der Waals surface area (Å²) in [7, 11) is 0. The Kier molecular flexibility index (Phi) is 3.92. The Balaban J connectivity index is 2.85. The van der Waals surface area contributed by atoms with Crippen molar-refractivity contribution in [3.63, 3.8) is 0 Å². The van der Waals surface area contributed by atoms with Gasteiger partial charge in [-0.05, 0) is 19.4 Å². The van der Waals surface area contributed by atoms with Gasteiger partial charge in [0.1, 0.15) is 5.84 Å². The zero-order valence-corrected chi connectivity index (χ0v) is 9.14. The minimum Gasteiger partial charge on any atom is -0.398 e. The Bertz CT molecular complexity index is 364. The van der Waals surface area contributed by atoms with Gasteiger partial charge in [-0.15, -0.1) is 0 Å². The number of rotatable bonds is 3. The molecule has 0 spiro atoms. The van der Waals surface area contributed by atoms with E-state index in [1.165, 1.54) is 0 Å². The highest BCUT2D eigenvalue weighted by atomic mass is 14.9. The topological polar surface area (TPSA) is 64.4 Å². The maximum absolute atomic E-state index is 5.87. The molecule has 80 valence electrons. The van der Waals surface area contributed by atoms with E-state index in [2.05, 4.69) is 4.99 Å². The number of nitrogens with zero attached hydrogens (tertiary/aromatic N) is 1. The summed E-state index contributed by atoms with van der Waals surface area (Å²) in [4.78, 5) is 4.18. The SMILES string of the molecule is CC(C)N=C(N)/C=C(\N)c1ccccc1. The molecule has 1 aromatic rings. The average Bonchev–Trinajstić information content (AvgIpc) is 2.17. The predicted octanol–water partition coefficient (Wildman–Crippen LogP) is 1.75. The fraction of sp³-hybridized carbons (Fsp3) is 0.250. The van der Waals surface area contributed by atoms with E-state index < -0.39 is 0 Å². The summed E-state index contributed by atoms with van der Waals surface area (Å²) in [6, 6.07) is 9.88. The second-order valence-electron chi connectivity index (χ2n) is 3.61. The Morgan fingerprint density at radius 3 is 2.33 bits per heavy atom. The van der Waals surface area contributed by atoms with E-state index in [4.69, 9.17) is 11.5 Å². The van der Waals surface area contributed by atoms with E-state index in [-0.39, 0.29) is 6.04 Å². The number of benzene rings is 1. The van der Waals surface area contributed by atoms with Crippen LogP contribution in [0.15, 0.2) is 41.4 Å². The van der Waals surface area contributed by atoms with Gasteiger partial charge in [0, 0.05) is 17.8 Å². The lowest BCUT2D eigenvalue weighted by Crippen LogP contribution is -2.13. The third-order valence-electron chi connectivity index (χ3n) is 1.82. The monoisotopic (exact) mass is 203 g/mol. The standard InChI is InChI=1S/C12H17N3/c1-9(2)15-12(14)8-11(13)10-6-4-3-5-7-10/h3-9H,13H2,1-2H3,(H2,14,15)/b11-8-. The fourth-order valence-corrected chi connectivity index (χ4v) is 1.21. The van der Waals surface area contributed by atoms with Gasteiger partial charge in [-0.1, -0.05) is 30.3 Å². The molecule has 0 radical (unpaired) electrons. The van der Waals surface area contributed by atoms with E-state index in [1.54, 1.807) is 6.08 Å². The number of amidine groups is 1. The van der Waals surface area contributed by atoms with Crippen molar-refractivity contribution in [3.05, 3.63) is 42.0 Å². The van der Waals surface area contributed by atoms with Crippen molar-refractivity contribution in [1.82, 2.24) is 0 Å². The molecule has 15 heavy (non-hydrogen) atoms. The molecule has 0 heterocycles. The largest absolute Gasteiger partial charge is 0.398 e. The predicted molar refractivity (Wildman–Crippen MR) is 65.4 cm³/mol. The van der Waals surface area contributed by atoms with Gasteiger partial charge in [-0.3, -0.25) is 4.99 Å². The van der Waals surface area contributed by atoms with Crippen LogP contribution in [0.25, 0.3) is 5.70 Å². The van der Waals surface area contributed by atoms with Crippen molar-refractivity contribution in [2.24, 2.45) is 16.5 Å². The highest BCUT2D eigenvalue weighted by Crippen LogP contribution is 2.07. The van der Waals surface area contributed by atoms with Gasteiger partial charge in [-0.2, -0.15) is 0 Å². The van der Waals surface area contributed by atoms with Crippen LogP contribution in [0.3, 0.4) is 0 Å². The average molecular weight is 203 g/mol. The summed E-state index contributed by atoms with van der Waals surface area (Å²) in [5.74, 6) is 0.464. The first-order valence-corrected chi connectivity index (χ1v) is 4.95. The first-order chi connectivity index (χ1) is 7.09. The van der Waals surface area contributed by atoms with Crippen molar-refractivity contribution in [3.8, 4) is 0 Å². The third kappa shape index (κ3) is 3.85.